The molecule has 0 aliphatic carbocycles. The number of nitrogens with zero attached hydrogens (tertiary/aromatic N) is 4. The van der Waals surface area contributed by atoms with Crippen LogP contribution < -0.4 is 4.90 Å². The van der Waals surface area contributed by atoms with Crippen LogP contribution in [0.15, 0.2) is 53.4 Å². The molecule has 168 valence electrons. The van der Waals surface area contributed by atoms with Crippen LogP contribution in [0, 0.1) is 11.3 Å². The van der Waals surface area contributed by atoms with Gasteiger partial charge in [-0.05, 0) is 31.2 Å². The molecule has 1 aliphatic heterocycles. The van der Waals surface area contributed by atoms with Gasteiger partial charge in [-0.15, -0.1) is 0 Å². The minimum atomic E-state index is -4.48. The second-order valence-corrected chi connectivity index (χ2v) is 9.43. The maximum atomic E-state index is 13.2. The van der Waals surface area contributed by atoms with Crippen molar-refractivity contribution >= 4 is 26.7 Å². The molecule has 0 spiro atoms. The van der Waals surface area contributed by atoms with Crippen LogP contribution in [0.5, 0.6) is 0 Å². The summed E-state index contributed by atoms with van der Waals surface area (Å²) in [7, 11) is -3.64. The lowest BCUT2D eigenvalue weighted by atomic mass is 10.1. The first-order valence-electron chi connectivity index (χ1n) is 10.1. The van der Waals surface area contributed by atoms with Gasteiger partial charge in [-0.1, -0.05) is 24.3 Å². The molecule has 0 atom stereocenters. The summed E-state index contributed by atoms with van der Waals surface area (Å²) in [5, 5.41) is 10.3. The van der Waals surface area contributed by atoms with Gasteiger partial charge in [-0.3, -0.25) is 0 Å². The molecule has 1 fully saturated rings. The molecule has 32 heavy (non-hydrogen) atoms. The third-order valence-electron chi connectivity index (χ3n) is 5.71. The van der Waals surface area contributed by atoms with Crippen LogP contribution in [0.4, 0.5) is 19.0 Å². The number of hydrogen-bond acceptors (Lipinski definition) is 4. The number of aryl methyl sites for hydroxylation is 1. The summed E-state index contributed by atoms with van der Waals surface area (Å²) >= 11 is 0. The van der Waals surface area contributed by atoms with Crippen LogP contribution in [0.1, 0.15) is 18.1 Å². The zero-order valence-corrected chi connectivity index (χ0v) is 18.1. The molecule has 1 aromatic heterocycles. The fourth-order valence-electron chi connectivity index (χ4n) is 4.15. The van der Waals surface area contributed by atoms with Gasteiger partial charge in [0, 0.05) is 38.1 Å². The summed E-state index contributed by atoms with van der Waals surface area (Å²) in [6.45, 7) is 3.24. The van der Waals surface area contributed by atoms with Crippen LogP contribution in [-0.2, 0) is 22.7 Å². The van der Waals surface area contributed by atoms with E-state index in [4.69, 9.17) is 0 Å². The number of nitriles is 1. The summed E-state index contributed by atoms with van der Waals surface area (Å²) in [6.07, 6.45) is -4.48. The van der Waals surface area contributed by atoms with Crippen molar-refractivity contribution in [3.8, 4) is 6.07 Å². The van der Waals surface area contributed by atoms with E-state index in [2.05, 4.69) is 6.07 Å². The van der Waals surface area contributed by atoms with Crippen molar-refractivity contribution in [1.82, 2.24) is 8.87 Å². The summed E-state index contributed by atoms with van der Waals surface area (Å²) in [6, 6.07) is 13.7. The number of piperazine rings is 1. The summed E-state index contributed by atoms with van der Waals surface area (Å²) in [5.74, 6) is 0.529. The van der Waals surface area contributed by atoms with E-state index in [0.29, 0.717) is 41.9 Å². The fraction of sp³-hybridized carbons (Fsp3) is 0.318. The van der Waals surface area contributed by atoms with Crippen molar-refractivity contribution in [1.29, 1.82) is 5.26 Å². The zero-order valence-electron chi connectivity index (χ0n) is 17.3. The van der Waals surface area contributed by atoms with E-state index in [0.717, 1.165) is 12.1 Å². The summed E-state index contributed by atoms with van der Waals surface area (Å²) in [4.78, 5) is 2.10. The lowest BCUT2D eigenvalue weighted by Crippen LogP contribution is -2.49. The quantitative estimate of drug-likeness (QED) is 0.586. The van der Waals surface area contributed by atoms with Crippen LogP contribution in [0.2, 0.25) is 0 Å². The number of halogens is 3. The van der Waals surface area contributed by atoms with Crippen molar-refractivity contribution in [2.45, 2.75) is 24.5 Å². The Balaban J connectivity index is 1.68. The highest BCUT2D eigenvalue weighted by molar-refractivity contribution is 7.89. The third-order valence-corrected chi connectivity index (χ3v) is 7.62. The SMILES string of the molecule is CCn1c(N2CCN(S(=O)(=O)c3ccccc3)CC2)c(C#N)c2ccc(C(F)(F)F)cc21. The zero-order chi connectivity index (χ0) is 23.1. The molecule has 2 heterocycles. The van der Waals surface area contributed by atoms with Gasteiger partial charge in [0.15, 0.2) is 0 Å². The Morgan fingerprint density at radius 2 is 1.69 bits per heavy atom. The summed E-state index contributed by atoms with van der Waals surface area (Å²) < 4.78 is 68.6. The Labute approximate surface area is 184 Å². The van der Waals surface area contributed by atoms with Crippen molar-refractivity contribution in [2.24, 2.45) is 0 Å². The lowest BCUT2D eigenvalue weighted by Gasteiger charge is -2.35. The maximum absolute atomic E-state index is 13.2. The number of benzene rings is 2. The normalized spacial score (nSPS) is 15.8. The first-order valence-corrected chi connectivity index (χ1v) is 11.6. The van der Waals surface area contributed by atoms with E-state index in [1.807, 2.05) is 4.90 Å². The smallest absolute Gasteiger partial charge is 0.354 e. The van der Waals surface area contributed by atoms with E-state index in [1.54, 1.807) is 41.8 Å². The lowest BCUT2D eigenvalue weighted by molar-refractivity contribution is -0.137. The van der Waals surface area contributed by atoms with Gasteiger partial charge in [-0.2, -0.15) is 22.7 Å². The van der Waals surface area contributed by atoms with Crippen LogP contribution in [-0.4, -0.2) is 43.5 Å². The van der Waals surface area contributed by atoms with Crippen molar-refractivity contribution in [3.63, 3.8) is 0 Å². The number of aromatic nitrogens is 1. The van der Waals surface area contributed by atoms with Gasteiger partial charge >= 0.3 is 6.18 Å². The number of hydrogen-bond donors (Lipinski definition) is 0. The van der Waals surface area contributed by atoms with Gasteiger partial charge in [0.05, 0.1) is 16.0 Å². The third kappa shape index (κ3) is 3.72. The number of anilines is 1. The first kappa shape index (κ1) is 22.2. The molecule has 0 bridgehead atoms. The molecule has 0 unspecified atom stereocenters. The molecule has 6 nitrogen and oxygen atoms in total. The highest BCUT2D eigenvalue weighted by atomic mass is 32.2. The molecule has 3 aromatic rings. The van der Waals surface area contributed by atoms with E-state index < -0.39 is 21.8 Å². The molecule has 0 radical (unpaired) electrons. The minimum absolute atomic E-state index is 0.209. The summed E-state index contributed by atoms with van der Waals surface area (Å²) in [5.41, 5.74) is -0.129. The average molecular weight is 462 g/mol. The van der Waals surface area contributed by atoms with Crippen molar-refractivity contribution in [3.05, 3.63) is 59.7 Å². The number of fused-ring (bicyclic) bond motifs is 1. The number of alkyl halides is 3. The molecule has 0 N–H and O–H groups in total. The molecule has 10 heteroatoms. The van der Waals surface area contributed by atoms with Gasteiger partial charge in [0.1, 0.15) is 17.5 Å². The highest BCUT2D eigenvalue weighted by Crippen LogP contribution is 2.37. The van der Waals surface area contributed by atoms with E-state index in [-0.39, 0.29) is 18.0 Å². The van der Waals surface area contributed by atoms with E-state index >= 15 is 0 Å². The fourth-order valence-corrected chi connectivity index (χ4v) is 5.60. The molecule has 1 aliphatic rings. The Kier molecular flexibility index (Phi) is 5.65. The largest absolute Gasteiger partial charge is 0.416 e. The average Bonchev–Trinajstić information content (AvgIpc) is 3.12. The van der Waals surface area contributed by atoms with Crippen LogP contribution >= 0.6 is 0 Å². The predicted octanol–water partition coefficient (Wildman–Crippen LogP) is 4.06. The van der Waals surface area contributed by atoms with E-state index in [1.165, 1.54) is 10.4 Å². The van der Waals surface area contributed by atoms with Gasteiger partial charge < -0.3 is 9.47 Å². The van der Waals surface area contributed by atoms with Crippen molar-refractivity contribution in [2.75, 3.05) is 31.1 Å². The second-order valence-electron chi connectivity index (χ2n) is 7.49. The van der Waals surface area contributed by atoms with Crippen molar-refractivity contribution < 1.29 is 21.6 Å². The van der Waals surface area contributed by atoms with Crippen LogP contribution in [0.3, 0.4) is 0 Å². The molecule has 0 saturated carbocycles. The van der Waals surface area contributed by atoms with E-state index in [9.17, 15) is 26.9 Å². The minimum Gasteiger partial charge on any atom is -0.354 e. The molecule has 4 rings (SSSR count). The molecular weight excluding hydrogens is 441 g/mol. The van der Waals surface area contributed by atoms with Gasteiger partial charge in [0.25, 0.3) is 0 Å². The number of rotatable bonds is 4. The maximum Gasteiger partial charge on any atom is 0.416 e. The molecule has 2 aromatic carbocycles. The first-order chi connectivity index (χ1) is 15.2. The van der Waals surface area contributed by atoms with Gasteiger partial charge in [-0.25, -0.2) is 8.42 Å². The monoisotopic (exact) mass is 462 g/mol. The molecule has 1 saturated heterocycles. The van der Waals surface area contributed by atoms with Gasteiger partial charge in [0.2, 0.25) is 10.0 Å². The standard InChI is InChI=1S/C22H21F3N4O2S/c1-2-29-20-14-16(22(23,24)25)8-9-18(20)19(15-26)21(29)27-10-12-28(13-11-27)32(30,31)17-6-4-3-5-7-17/h3-9,14H,2,10-13H2,1H3. The number of sulfonamides is 1. The van der Waals surface area contributed by atoms with Crippen LogP contribution in [0.25, 0.3) is 10.9 Å². The molecular formula is C22H21F3N4O2S. The Hall–Kier alpha value is -3.03. The molecule has 0 amide bonds. The highest BCUT2D eigenvalue weighted by Gasteiger charge is 2.34. The Bertz CT molecular complexity index is 1290. The Morgan fingerprint density at radius 1 is 1.03 bits per heavy atom. The predicted molar refractivity (Wildman–Crippen MR) is 115 cm³/mol. The Morgan fingerprint density at radius 3 is 2.25 bits per heavy atom. The topological polar surface area (TPSA) is 69.3 Å². The second kappa shape index (κ2) is 8.15.